The number of nitrogens with two attached hydrogens (primary N) is 1. The molecule has 0 spiro atoms. The maximum absolute atomic E-state index is 13.0. The third-order valence-electron chi connectivity index (χ3n) is 2.49. The highest BCUT2D eigenvalue weighted by Crippen LogP contribution is 2.43. The molecule has 0 bridgehead atoms. The minimum absolute atomic E-state index is 0. The number of hydrogen-bond acceptors (Lipinski definition) is 2. The molecule has 0 heterocycles. The van der Waals surface area contributed by atoms with Crippen LogP contribution < -0.4 is 10.5 Å². The van der Waals surface area contributed by atoms with E-state index in [1.54, 1.807) is 0 Å². The molecule has 0 saturated carbocycles. The maximum atomic E-state index is 13.0. The highest BCUT2D eigenvalue weighted by Gasteiger charge is 2.61. The second-order valence-corrected chi connectivity index (χ2v) is 4.14. The molecule has 12 heteroatoms. The number of ether oxygens (including phenoxy) is 1. The van der Waals surface area contributed by atoms with Gasteiger partial charge in [-0.2, -0.15) is 39.5 Å². The zero-order chi connectivity index (χ0) is 17.3. The second kappa shape index (κ2) is 7.04. The standard InChI is InChI=1S/C11H8F9NO.ClH/c12-8(13)10(16,17)22-6-3-1-2-5(4-6)7(21)9(14,15)11(18,19)20;/h1-4,7-8H,21H2;1H/t7-;/m1./s1. The van der Waals surface area contributed by atoms with Crippen molar-refractivity contribution in [2.45, 2.75) is 30.7 Å². The highest BCUT2D eigenvalue weighted by molar-refractivity contribution is 5.85. The summed E-state index contributed by atoms with van der Waals surface area (Å²) in [6.07, 6.45) is -15.1. The second-order valence-electron chi connectivity index (χ2n) is 4.14. The molecule has 0 saturated heterocycles. The van der Waals surface area contributed by atoms with E-state index < -0.39 is 42.0 Å². The molecule has 0 unspecified atom stereocenters. The van der Waals surface area contributed by atoms with Crippen molar-refractivity contribution in [1.29, 1.82) is 0 Å². The molecule has 1 rings (SSSR count). The van der Waals surface area contributed by atoms with Crippen LogP contribution in [0.25, 0.3) is 0 Å². The van der Waals surface area contributed by atoms with Gasteiger partial charge in [0.2, 0.25) is 0 Å². The zero-order valence-electron chi connectivity index (χ0n) is 10.8. The summed E-state index contributed by atoms with van der Waals surface area (Å²) in [5.74, 6) is -6.38. The fraction of sp³-hybridized carbons (Fsp3) is 0.455. The fourth-order valence-corrected chi connectivity index (χ4v) is 1.36. The summed E-state index contributed by atoms with van der Waals surface area (Å²) >= 11 is 0. The van der Waals surface area contributed by atoms with E-state index in [1.165, 1.54) is 0 Å². The van der Waals surface area contributed by atoms with Crippen LogP contribution in [0.2, 0.25) is 0 Å². The van der Waals surface area contributed by atoms with Gasteiger partial charge in [-0.05, 0) is 17.7 Å². The molecule has 0 amide bonds. The van der Waals surface area contributed by atoms with Crippen LogP contribution in [0.1, 0.15) is 11.6 Å². The van der Waals surface area contributed by atoms with Gasteiger partial charge in [-0.3, -0.25) is 0 Å². The number of alkyl halides is 9. The molecule has 0 aromatic heterocycles. The molecule has 0 aliphatic carbocycles. The number of hydrogen-bond donors (Lipinski definition) is 1. The summed E-state index contributed by atoms with van der Waals surface area (Å²) < 4.78 is 115. The van der Waals surface area contributed by atoms with Crippen LogP contribution in [-0.4, -0.2) is 24.6 Å². The first-order chi connectivity index (χ1) is 9.79. The molecule has 134 valence electrons. The molecule has 1 aromatic rings. The van der Waals surface area contributed by atoms with Crippen LogP contribution in [0.4, 0.5) is 39.5 Å². The van der Waals surface area contributed by atoms with Crippen molar-refractivity contribution in [3.63, 3.8) is 0 Å². The number of halogens is 10. The number of rotatable bonds is 5. The first-order valence-electron chi connectivity index (χ1n) is 5.44. The quantitative estimate of drug-likeness (QED) is 0.765. The summed E-state index contributed by atoms with van der Waals surface area (Å²) in [5.41, 5.74) is 3.88. The lowest BCUT2D eigenvalue weighted by molar-refractivity contribution is -0.291. The molecule has 0 aliphatic heterocycles. The third-order valence-corrected chi connectivity index (χ3v) is 2.49. The van der Waals surface area contributed by atoms with Gasteiger partial charge in [0.1, 0.15) is 11.8 Å². The van der Waals surface area contributed by atoms with Gasteiger partial charge in [0.25, 0.3) is 0 Å². The average molecular weight is 378 g/mol. The Hall–Kier alpha value is -1.36. The molecule has 1 aromatic carbocycles. The van der Waals surface area contributed by atoms with Crippen LogP contribution in [0.15, 0.2) is 24.3 Å². The van der Waals surface area contributed by atoms with Gasteiger partial charge >= 0.3 is 24.6 Å². The Bertz CT molecular complexity index is 520. The van der Waals surface area contributed by atoms with Crippen molar-refractivity contribution in [3.05, 3.63) is 29.8 Å². The Kier molecular flexibility index (Phi) is 6.62. The monoisotopic (exact) mass is 377 g/mol. The molecule has 23 heavy (non-hydrogen) atoms. The number of benzene rings is 1. The van der Waals surface area contributed by atoms with Gasteiger partial charge in [0.15, 0.2) is 0 Å². The summed E-state index contributed by atoms with van der Waals surface area (Å²) in [7, 11) is 0. The Morgan fingerprint density at radius 1 is 0.957 bits per heavy atom. The summed E-state index contributed by atoms with van der Waals surface area (Å²) in [5, 5.41) is 0. The maximum Gasteiger partial charge on any atom is 0.461 e. The first kappa shape index (κ1) is 21.6. The van der Waals surface area contributed by atoms with Gasteiger partial charge < -0.3 is 10.5 Å². The van der Waals surface area contributed by atoms with Crippen molar-refractivity contribution < 1.29 is 44.3 Å². The van der Waals surface area contributed by atoms with Gasteiger partial charge in [-0.1, -0.05) is 12.1 Å². The minimum Gasteiger partial charge on any atom is -0.428 e. The lowest BCUT2D eigenvalue weighted by Gasteiger charge is -2.26. The van der Waals surface area contributed by atoms with E-state index in [0.29, 0.717) is 18.2 Å². The SMILES string of the molecule is Cl.N[C@H](c1cccc(OC(F)(F)C(F)F)c1)C(F)(F)C(F)(F)F. The van der Waals surface area contributed by atoms with E-state index in [0.717, 1.165) is 6.07 Å². The van der Waals surface area contributed by atoms with Crippen LogP contribution in [-0.2, 0) is 0 Å². The Balaban J connectivity index is 0.00000484. The van der Waals surface area contributed by atoms with Crippen molar-refractivity contribution in [3.8, 4) is 5.75 Å². The van der Waals surface area contributed by atoms with Crippen LogP contribution in [0.5, 0.6) is 5.75 Å². The van der Waals surface area contributed by atoms with Crippen molar-refractivity contribution in [2.24, 2.45) is 5.73 Å². The van der Waals surface area contributed by atoms with Gasteiger partial charge in [0.05, 0.1) is 0 Å². The summed E-state index contributed by atoms with van der Waals surface area (Å²) in [4.78, 5) is 0. The largest absolute Gasteiger partial charge is 0.461 e. The first-order valence-corrected chi connectivity index (χ1v) is 5.44. The van der Waals surface area contributed by atoms with E-state index in [2.05, 4.69) is 4.74 Å². The van der Waals surface area contributed by atoms with Gasteiger partial charge in [-0.15, -0.1) is 12.4 Å². The summed E-state index contributed by atoms with van der Waals surface area (Å²) in [6, 6.07) is -0.481. The Morgan fingerprint density at radius 2 is 1.48 bits per heavy atom. The minimum atomic E-state index is -5.98. The molecular formula is C11H9ClF9NO. The van der Waals surface area contributed by atoms with E-state index in [4.69, 9.17) is 5.73 Å². The molecule has 2 N–H and O–H groups in total. The highest BCUT2D eigenvalue weighted by atomic mass is 35.5. The van der Waals surface area contributed by atoms with Gasteiger partial charge in [0, 0.05) is 0 Å². The molecule has 1 atom stereocenters. The van der Waals surface area contributed by atoms with Gasteiger partial charge in [-0.25, -0.2) is 0 Å². The van der Waals surface area contributed by atoms with Crippen LogP contribution in [0.3, 0.4) is 0 Å². The van der Waals surface area contributed by atoms with Crippen molar-refractivity contribution in [1.82, 2.24) is 0 Å². The zero-order valence-corrected chi connectivity index (χ0v) is 11.6. The predicted octanol–water partition coefficient (Wildman–Crippen LogP) is 4.54. The van der Waals surface area contributed by atoms with E-state index in [1.807, 2.05) is 0 Å². The van der Waals surface area contributed by atoms with E-state index >= 15 is 0 Å². The average Bonchev–Trinajstić information content (AvgIpc) is 2.36. The smallest absolute Gasteiger partial charge is 0.428 e. The fourth-order valence-electron chi connectivity index (χ4n) is 1.36. The van der Waals surface area contributed by atoms with Crippen molar-refractivity contribution in [2.75, 3.05) is 0 Å². The normalized spacial score (nSPS) is 14.4. The molecule has 0 radical (unpaired) electrons. The van der Waals surface area contributed by atoms with Crippen LogP contribution in [0, 0.1) is 0 Å². The van der Waals surface area contributed by atoms with E-state index in [-0.39, 0.29) is 12.4 Å². The topological polar surface area (TPSA) is 35.2 Å². The lowest BCUT2D eigenvalue weighted by atomic mass is 10.0. The molecule has 0 fully saturated rings. The summed E-state index contributed by atoms with van der Waals surface area (Å²) in [6.45, 7) is 0. The Morgan fingerprint density at radius 3 is 1.91 bits per heavy atom. The molecular weight excluding hydrogens is 369 g/mol. The lowest BCUT2D eigenvalue weighted by Crippen LogP contribution is -2.45. The third kappa shape index (κ3) is 4.80. The van der Waals surface area contributed by atoms with Crippen LogP contribution >= 0.6 is 12.4 Å². The Labute approximate surface area is 129 Å². The molecule has 0 aliphatic rings. The van der Waals surface area contributed by atoms with Crippen molar-refractivity contribution >= 4 is 12.4 Å². The molecule has 2 nitrogen and oxygen atoms in total. The van der Waals surface area contributed by atoms with E-state index in [9.17, 15) is 39.5 Å². The predicted molar refractivity (Wildman–Crippen MR) is 63.2 cm³/mol.